The molecule has 2 fully saturated rings. The molecule has 1 atom stereocenters. The maximum Gasteiger partial charge on any atom is 0.272 e. The molecular weight excluding hydrogens is 188 g/mol. The Morgan fingerprint density at radius 1 is 1.69 bits per heavy atom. The number of rotatable bonds is 1. The quantitative estimate of drug-likeness (QED) is 0.449. The molecule has 0 spiro atoms. The minimum atomic E-state index is -0.0878. The van der Waals surface area contributed by atoms with E-state index in [1.54, 1.807) is 16.7 Å². The fraction of sp³-hybridized carbons (Fsp3) is 0.625. The molecule has 2 heterocycles. The third-order valence-electron chi connectivity index (χ3n) is 2.17. The van der Waals surface area contributed by atoms with Crippen molar-refractivity contribution in [1.29, 1.82) is 0 Å². The third kappa shape index (κ3) is 1.18. The van der Waals surface area contributed by atoms with E-state index >= 15 is 0 Å². The lowest BCUT2D eigenvalue weighted by Gasteiger charge is -2.33. The van der Waals surface area contributed by atoms with Gasteiger partial charge in [0.1, 0.15) is 11.1 Å². The molecule has 2 rings (SSSR count). The molecule has 13 heavy (non-hydrogen) atoms. The molecule has 0 aliphatic carbocycles. The first-order valence-corrected chi connectivity index (χ1v) is 4.93. The monoisotopic (exact) mass is 198 g/mol. The Morgan fingerprint density at radius 3 is 3.00 bits per heavy atom. The standard InChI is InChI=1S/C8H10N2O2S/c1-8(2)3-10-6(12)5(9-4-11)7(10)13-8/h4,7H,3H2,1-2H3/t7-/m1/s1. The van der Waals surface area contributed by atoms with Crippen LogP contribution in [-0.2, 0) is 9.59 Å². The highest BCUT2D eigenvalue weighted by molar-refractivity contribution is 8.02. The fourth-order valence-electron chi connectivity index (χ4n) is 1.64. The van der Waals surface area contributed by atoms with Crippen LogP contribution in [0.2, 0.25) is 0 Å². The van der Waals surface area contributed by atoms with Gasteiger partial charge in [0.25, 0.3) is 5.91 Å². The van der Waals surface area contributed by atoms with Crippen LogP contribution in [0.3, 0.4) is 0 Å². The smallest absolute Gasteiger partial charge is 0.272 e. The molecule has 0 aromatic rings. The van der Waals surface area contributed by atoms with Crippen molar-refractivity contribution in [3.63, 3.8) is 0 Å². The van der Waals surface area contributed by atoms with E-state index in [-0.39, 0.29) is 16.0 Å². The normalized spacial score (nSPS) is 33.1. The number of nitrogens with zero attached hydrogens (tertiary/aromatic N) is 2. The number of thioether (sulfide) groups is 1. The Labute approximate surface area is 80.4 Å². The van der Waals surface area contributed by atoms with Crippen molar-refractivity contribution in [1.82, 2.24) is 4.90 Å². The summed E-state index contributed by atoms with van der Waals surface area (Å²) in [5.41, 5.74) is 0.408. The minimum Gasteiger partial charge on any atom is -0.318 e. The average molecular weight is 198 g/mol. The molecule has 0 unspecified atom stereocenters. The van der Waals surface area contributed by atoms with Gasteiger partial charge in [0, 0.05) is 11.3 Å². The topological polar surface area (TPSA) is 49.7 Å². The molecule has 5 heteroatoms. The Balaban J connectivity index is 2.22. The summed E-state index contributed by atoms with van der Waals surface area (Å²) in [4.78, 5) is 26.8. The number of carbonyl (C=O) groups is 2. The molecule has 2 aliphatic rings. The summed E-state index contributed by atoms with van der Waals surface area (Å²) >= 11 is 1.68. The van der Waals surface area contributed by atoms with Crippen LogP contribution < -0.4 is 0 Å². The van der Waals surface area contributed by atoms with Gasteiger partial charge in [-0.05, 0) is 13.8 Å². The van der Waals surface area contributed by atoms with Crippen molar-refractivity contribution in [3.8, 4) is 0 Å². The maximum atomic E-state index is 11.3. The number of fused-ring (bicyclic) bond motifs is 1. The Hall–Kier alpha value is -0.840. The maximum absolute atomic E-state index is 11.3. The first-order chi connectivity index (χ1) is 6.05. The number of aliphatic imine (C=N–C) groups is 1. The summed E-state index contributed by atoms with van der Waals surface area (Å²) in [6.07, 6.45) is 0.441. The van der Waals surface area contributed by atoms with Crippen molar-refractivity contribution >= 4 is 29.8 Å². The van der Waals surface area contributed by atoms with Gasteiger partial charge < -0.3 is 4.90 Å². The van der Waals surface area contributed by atoms with Gasteiger partial charge in [-0.2, -0.15) is 0 Å². The van der Waals surface area contributed by atoms with Crippen LogP contribution in [0.25, 0.3) is 0 Å². The summed E-state index contributed by atoms with van der Waals surface area (Å²) in [6.45, 7) is 4.92. The molecule has 0 aromatic carbocycles. The largest absolute Gasteiger partial charge is 0.318 e. The summed E-state index contributed by atoms with van der Waals surface area (Å²) in [5, 5.41) is 0.0210. The molecule has 4 nitrogen and oxygen atoms in total. The van der Waals surface area contributed by atoms with Crippen molar-refractivity contribution in [3.05, 3.63) is 0 Å². The Kier molecular flexibility index (Phi) is 1.73. The highest BCUT2D eigenvalue weighted by Gasteiger charge is 2.53. The molecule has 0 bridgehead atoms. The van der Waals surface area contributed by atoms with Gasteiger partial charge in [-0.25, -0.2) is 4.99 Å². The van der Waals surface area contributed by atoms with Crippen LogP contribution in [0.15, 0.2) is 4.99 Å². The lowest BCUT2D eigenvalue weighted by Crippen LogP contribution is -2.57. The Bertz CT molecular complexity index is 311. The van der Waals surface area contributed by atoms with Crippen LogP contribution >= 0.6 is 11.8 Å². The van der Waals surface area contributed by atoms with Crippen molar-refractivity contribution in [2.75, 3.05) is 6.54 Å². The molecule has 0 saturated carbocycles. The predicted octanol–water partition coefficient (Wildman–Crippen LogP) is 0.277. The second kappa shape index (κ2) is 2.57. The summed E-state index contributed by atoms with van der Waals surface area (Å²) in [5.74, 6) is -0.0878. The zero-order valence-corrected chi connectivity index (χ0v) is 8.30. The van der Waals surface area contributed by atoms with E-state index in [4.69, 9.17) is 0 Å². The average Bonchev–Trinajstić information content (AvgIpc) is 2.35. The summed E-state index contributed by atoms with van der Waals surface area (Å²) < 4.78 is 0.0838. The highest BCUT2D eigenvalue weighted by Crippen LogP contribution is 2.44. The van der Waals surface area contributed by atoms with Crippen LogP contribution in [0.1, 0.15) is 13.8 Å². The first kappa shape index (κ1) is 8.74. The van der Waals surface area contributed by atoms with Gasteiger partial charge in [0.15, 0.2) is 0 Å². The molecule has 70 valence electrons. The lowest BCUT2D eigenvalue weighted by atomic mass is 10.1. The Morgan fingerprint density at radius 2 is 2.38 bits per heavy atom. The highest BCUT2D eigenvalue weighted by atomic mass is 32.2. The van der Waals surface area contributed by atoms with E-state index < -0.39 is 0 Å². The van der Waals surface area contributed by atoms with Gasteiger partial charge in [0.2, 0.25) is 6.41 Å². The zero-order valence-electron chi connectivity index (χ0n) is 7.48. The van der Waals surface area contributed by atoms with Gasteiger partial charge in [-0.15, -0.1) is 11.8 Å². The van der Waals surface area contributed by atoms with Gasteiger partial charge in [0.05, 0.1) is 0 Å². The second-order valence-electron chi connectivity index (χ2n) is 3.78. The number of β-lactam (4-membered cyclic amide) rings is 1. The molecule has 2 amide bonds. The van der Waals surface area contributed by atoms with E-state index in [0.717, 1.165) is 6.54 Å². The van der Waals surface area contributed by atoms with Crippen LogP contribution in [-0.4, -0.2) is 39.6 Å². The third-order valence-corrected chi connectivity index (χ3v) is 3.64. The van der Waals surface area contributed by atoms with Crippen molar-refractivity contribution < 1.29 is 9.59 Å². The molecule has 0 N–H and O–H groups in total. The second-order valence-corrected chi connectivity index (χ2v) is 5.57. The van der Waals surface area contributed by atoms with E-state index in [2.05, 4.69) is 18.8 Å². The molecule has 2 aliphatic heterocycles. The lowest BCUT2D eigenvalue weighted by molar-refractivity contribution is -0.128. The first-order valence-electron chi connectivity index (χ1n) is 4.05. The van der Waals surface area contributed by atoms with Crippen LogP contribution in [0.5, 0.6) is 0 Å². The van der Waals surface area contributed by atoms with Crippen LogP contribution in [0, 0.1) is 0 Å². The molecule has 0 aromatic heterocycles. The van der Waals surface area contributed by atoms with Gasteiger partial charge >= 0.3 is 0 Å². The number of carbonyl (C=O) groups excluding carboxylic acids is 2. The van der Waals surface area contributed by atoms with E-state index in [9.17, 15) is 9.59 Å². The summed E-state index contributed by atoms with van der Waals surface area (Å²) in [7, 11) is 0. The number of hydrogen-bond acceptors (Lipinski definition) is 3. The number of hydrogen-bond donors (Lipinski definition) is 0. The van der Waals surface area contributed by atoms with Crippen LogP contribution in [0.4, 0.5) is 0 Å². The number of amides is 2. The fourth-order valence-corrected chi connectivity index (χ4v) is 3.03. The summed E-state index contributed by atoms with van der Waals surface area (Å²) in [6, 6.07) is 0. The SMILES string of the molecule is CC1(C)CN2C(=O)C(=NC=O)[C@H]2S1. The van der Waals surface area contributed by atoms with E-state index in [1.165, 1.54) is 0 Å². The molecule has 2 saturated heterocycles. The van der Waals surface area contributed by atoms with E-state index in [0.29, 0.717) is 12.1 Å². The van der Waals surface area contributed by atoms with Crippen molar-refractivity contribution in [2.45, 2.75) is 24.0 Å². The minimum absolute atomic E-state index is 0.0210. The van der Waals surface area contributed by atoms with E-state index in [1.807, 2.05) is 0 Å². The zero-order chi connectivity index (χ0) is 9.64. The van der Waals surface area contributed by atoms with Gasteiger partial charge in [-0.3, -0.25) is 9.59 Å². The van der Waals surface area contributed by atoms with Crippen molar-refractivity contribution in [2.24, 2.45) is 4.99 Å². The predicted molar refractivity (Wildman–Crippen MR) is 50.7 cm³/mol. The molecule has 0 radical (unpaired) electrons. The van der Waals surface area contributed by atoms with Gasteiger partial charge in [-0.1, -0.05) is 0 Å². The molecular formula is C8H10N2O2S.